The molecule has 0 radical (unpaired) electrons. The number of rotatable bonds is 5. The van der Waals surface area contributed by atoms with E-state index in [0.29, 0.717) is 16.5 Å². The van der Waals surface area contributed by atoms with Gasteiger partial charge in [-0.2, -0.15) is 0 Å². The van der Waals surface area contributed by atoms with Crippen LogP contribution in [0.3, 0.4) is 0 Å². The van der Waals surface area contributed by atoms with Crippen LogP contribution in [-0.4, -0.2) is 28.0 Å². The summed E-state index contributed by atoms with van der Waals surface area (Å²) < 4.78 is 20.5. The molecule has 1 aromatic heterocycles. The molecule has 0 bridgehead atoms. The monoisotopic (exact) mass is 360 g/mol. The van der Waals surface area contributed by atoms with E-state index in [4.69, 9.17) is 16.3 Å². The van der Waals surface area contributed by atoms with Crippen LogP contribution in [0.1, 0.15) is 15.9 Å². The average Bonchev–Trinajstić information content (AvgIpc) is 3.15. The van der Waals surface area contributed by atoms with Gasteiger partial charge < -0.3 is 10.1 Å². The van der Waals surface area contributed by atoms with Crippen molar-refractivity contribution in [3.05, 3.63) is 70.8 Å². The summed E-state index contributed by atoms with van der Waals surface area (Å²) in [4.78, 5) is 12.3. The third-order valence-corrected chi connectivity index (χ3v) is 3.85. The molecule has 6 nitrogen and oxygen atoms in total. The van der Waals surface area contributed by atoms with Gasteiger partial charge in [0.1, 0.15) is 11.6 Å². The van der Waals surface area contributed by atoms with Gasteiger partial charge in [0.05, 0.1) is 35.8 Å². The molecule has 0 saturated carbocycles. The van der Waals surface area contributed by atoms with E-state index in [1.54, 1.807) is 24.4 Å². The minimum atomic E-state index is -0.617. The lowest BCUT2D eigenvalue weighted by molar-refractivity contribution is 0.0947. The summed E-state index contributed by atoms with van der Waals surface area (Å²) in [5.74, 6) is -0.608. The number of ether oxygens (including phenoxy) is 1. The number of amides is 1. The second kappa shape index (κ2) is 7.31. The summed E-state index contributed by atoms with van der Waals surface area (Å²) in [6, 6.07) is 9.31. The Labute approximate surface area is 148 Å². The van der Waals surface area contributed by atoms with Crippen molar-refractivity contribution in [2.24, 2.45) is 0 Å². The number of carbonyl (C=O) groups excluding carboxylic acids is 1. The highest BCUT2D eigenvalue weighted by Crippen LogP contribution is 2.24. The molecule has 8 heteroatoms. The van der Waals surface area contributed by atoms with Crippen LogP contribution < -0.4 is 10.1 Å². The number of carbonyl (C=O) groups is 1. The quantitative estimate of drug-likeness (QED) is 0.759. The van der Waals surface area contributed by atoms with Crippen LogP contribution in [0, 0.1) is 5.82 Å². The fourth-order valence-corrected chi connectivity index (χ4v) is 2.55. The highest BCUT2D eigenvalue weighted by Gasteiger charge is 2.13. The fourth-order valence-electron chi connectivity index (χ4n) is 2.27. The standard InChI is InChI=1S/C17H14ClFN4O2/c1-25-16-5-2-11(8-14(16)18)10-20-17(24)13-9-12(3-4-15(13)19)23-7-6-21-22-23/h2-9H,10H2,1H3,(H,20,24). The van der Waals surface area contributed by atoms with E-state index in [1.807, 2.05) is 0 Å². The van der Waals surface area contributed by atoms with Crippen molar-refractivity contribution in [3.8, 4) is 11.4 Å². The zero-order chi connectivity index (χ0) is 17.8. The van der Waals surface area contributed by atoms with E-state index in [2.05, 4.69) is 15.6 Å². The molecule has 128 valence electrons. The first-order valence-electron chi connectivity index (χ1n) is 7.35. The van der Waals surface area contributed by atoms with Gasteiger partial charge in [-0.05, 0) is 35.9 Å². The highest BCUT2D eigenvalue weighted by molar-refractivity contribution is 6.32. The maximum Gasteiger partial charge on any atom is 0.254 e. The summed E-state index contributed by atoms with van der Waals surface area (Å²) in [5, 5.41) is 10.6. The van der Waals surface area contributed by atoms with Crippen LogP contribution in [0.4, 0.5) is 4.39 Å². The Balaban J connectivity index is 1.75. The molecule has 1 N–H and O–H groups in total. The molecule has 0 spiro atoms. The topological polar surface area (TPSA) is 69.0 Å². The average molecular weight is 361 g/mol. The Morgan fingerprint density at radius 2 is 2.16 bits per heavy atom. The molecule has 0 aliphatic rings. The van der Waals surface area contributed by atoms with Gasteiger partial charge in [0.25, 0.3) is 5.91 Å². The molecule has 0 aliphatic heterocycles. The summed E-state index contributed by atoms with van der Waals surface area (Å²) in [6.07, 6.45) is 3.10. The number of benzene rings is 2. The molecule has 3 aromatic rings. The molecule has 1 heterocycles. The van der Waals surface area contributed by atoms with Crippen molar-refractivity contribution in [3.63, 3.8) is 0 Å². The molecule has 0 atom stereocenters. The summed E-state index contributed by atoms with van der Waals surface area (Å²) in [5.41, 5.74) is 1.23. The minimum Gasteiger partial charge on any atom is -0.495 e. The Morgan fingerprint density at radius 1 is 1.32 bits per heavy atom. The van der Waals surface area contributed by atoms with Crippen molar-refractivity contribution in [2.75, 3.05) is 7.11 Å². The van der Waals surface area contributed by atoms with E-state index in [-0.39, 0.29) is 12.1 Å². The summed E-state index contributed by atoms with van der Waals surface area (Å²) in [7, 11) is 1.52. The first kappa shape index (κ1) is 16.9. The van der Waals surface area contributed by atoms with E-state index >= 15 is 0 Å². The van der Waals surface area contributed by atoms with Crippen LogP contribution in [0.25, 0.3) is 5.69 Å². The lowest BCUT2D eigenvalue weighted by atomic mass is 10.1. The molecule has 0 unspecified atom stereocenters. The second-order valence-corrected chi connectivity index (χ2v) is 5.57. The molecular formula is C17H14ClFN4O2. The van der Waals surface area contributed by atoms with Crippen molar-refractivity contribution in [1.82, 2.24) is 20.3 Å². The number of hydrogen-bond donors (Lipinski definition) is 1. The number of hydrogen-bond acceptors (Lipinski definition) is 4. The molecule has 0 fully saturated rings. The van der Waals surface area contributed by atoms with Crippen molar-refractivity contribution in [2.45, 2.75) is 6.54 Å². The fraction of sp³-hybridized carbons (Fsp3) is 0.118. The lowest BCUT2D eigenvalue weighted by Crippen LogP contribution is -2.24. The zero-order valence-electron chi connectivity index (χ0n) is 13.2. The molecule has 0 saturated heterocycles. The predicted octanol–water partition coefficient (Wildman–Crippen LogP) is 3.00. The number of aromatic nitrogens is 3. The van der Waals surface area contributed by atoms with Crippen molar-refractivity contribution < 1.29 is 13.9 Å². The largest absolute Gasteiger partial charge is 0.495 e. The van der Waals surface area contributed by atoms with Crippen LogP contribution in [0.2, 0.25) is 5.02 Å². The number of halogens is 2. The maximum absolute atomic E-state index is 14.0. The van der Waals surface area contributed by atoms with Gasteiger partial charge in [-0.3, -0.25) is 4.79 Å². The van der Waals surface area contributed by atoms with Crippen LogP contribution in [0.5, 0.6) is 5.75 Å². The second-order valence-electron chi connectivity index (χ2n) is 5.16. The molecular weight excluding hydrogens is 347 g/mol. The van der Waals surface area contributed by atoms with E-state index < -0.39 is 11.7 Å². The number of nitrogens with zero attached hydrogens (tertiary/aromatic N) is 3. The predicted molar refractivity (Wildman–Crippen MR) is 90.5 cm³/mol. The van der Waals surface area contributed by atoms with E-state index in [1.165, 1.54) is 36.2 Å². The Bertz CT molecular complexity index is 900. The van der Waals surface area contributed by atoms with Crippen LogP contribution in [-0.2, 0) is 6.54 Å². The first-order valence-corrected chi connectivity index (χ1v) is 7.73. The van der Waals surface area contributed by atoms with Gasteiger partial charge in [-0.15, -0.1) is 5.10 Å². The van der Waals surface area contributed by atoms with Crippen LogP contribution >= 0.6 is 11.6 Å². The van der Waals surface area contributed by atoms with Crippen molar-refractivity contribution in [1.29, 1.82) is 0 Å². The Hall–Kier alpha value is -2.93. The summed E-state index contributed by atoms with van der Waals surface area (Å²) >= 11 is 6.05. The highest BCUT2D eigenvalue weighted by atomic mass is 35.5. The number of nitrogens with one attached hydrogen (secondary N) is 1. The molecule has 2 aromatic carbocycles. The van der Waals surface area contributed by atoms with Gasteiger partial charge in [0.15, 0.2) is 0 Å². The van der Waals surface area contributed by atoms with Crippen molar-refractivity contribution >= 4 is 17.5 Å². The molecule has 25 heavy (non-hydrogen) atoms. The number of methoxy groups -OCH3 is 1. The zero-order valence-corrected chi connectivity index (χ0v) is 14.0. The smallest absolute Gasteiger partial charge is 0.254 e. The van der Waals surface area contributed by atoms with E-state index in [0.717, 1.165) is 5.56 Å². The van der Waals surface area contributed by atoms with Gasteiger partial charge >= 0.3 is 0 Å². The van der Waals surface area contributed by atoms with Gasteiger partial charge in [-0.25, -0.2) is 9.07 Å². The van der Waals surface area contributed by atoms with E-state index in [9.17, 15) is 9.18 Å². The lowest BCUT2D eigenvalue weighted by Gasteiger charge is -2.09. The van der Waals surface area contributed by atoms with Crippen LogP contribution in [0.15, 0.2) is 48.8 Å². The van der Waals surface area contributed by atoms with Gasteiger partial charge in [0.2, 0.25) is 0 Å². The first-order chi connectivity index (χ1) is 12.1. The SMILES string of the molecule is COc1ccc(CNC(=O)c2cc(-n3ccnn3)ccc2F)cc1Cl. The molecule has 0 aliphatic carbocycles. The third kappa shape index (κ3) is 3.77. The van der Waals surface area contributed by atoms with Gasteiger partial charge in [0, 0.05) is 6.54 Å². The normalized spacial score (nSPS) is 10.5. The Morgan fingerprint density at radius 3 is 2.84 bits per heavy atom. The third-order valence-electron chi connectivity index (χ3n) is 3.55. The Kier molecular flexibility index (Phi) is 4.95. The van der Waals surface area contributed by atoms with Gasteiger partial charge in [-0.1, -0.05) is 22.9 Å². The molecule has 1 amide bonds. The summed E-state index contributed by atoms with van der Waals surface area (Å²) in [6.45, 7) is 0.204. The molecule has 3 rings (SSSR count). The maximum atomic E-state index is 14.0. The minimum absolute atomic E-state index is 0.0763.